The Morgan fingerprint density at radius 3 is 2.55 bits per heavy atom. The van der Waals surface area contributed by atoms with Crippen molar-refractivity contribution in [1.82, 2.24) is 5.32 Å². The quantitative estimate of drug-likeness (QED) is 0.612. The number of alkyl halides is 1. The van der Waals surface area contributed by atoms with Gasteiger partial charge in [-0.1, -0.05) is 0 Å². The second-order valence-corrected chi connectivity index (χ2v) is 4.28. The van der Waals surface area contributed by atoms with E-state index < -0.39 is 5.67 Å². The molecule has 64 valence electrons. The molecule has 0 amide bonds. The van der Waals surface area contributed by atoms with Crippen LogP contribution in [0.5, 0.6) is 0 Å². The Labute approximate surface area is 67.4 Å². The van der Waals surface area contributed by atoms with Crippen LogP contribution in [0.2, 0.25) is 0 Å². The van der Waals surface area contributed by atoms with Gasteiger partial charge in [0.25, 0.3) is 0 Å². The Hall–Kier alpha value is -0.110. The molecule has 2 aliphatic rings. The zero-order valence-corrected chi connectivity index (χ0v) is 7.07. The van der Waals surface area contributed by atoms with E-state index >= 15 is 0 Å². The molecule has 1 saturated heterocycles. The number of hydrogen-bond donors (Lipinski definition) is 1. The van der Waals surface area contributed by atoms with Crippen LogP contribution < -0.4 is 5.32 Å². The van der Waals surface area contributed by atoms with E-state index in [-0.39, 0.29) is 0 Å². The molecule has 0 bridgehead atoms. The largest absolute Gasteiger partial charge is 0.311 e. The van der Waals surface area contributed by atoms with Crippen molar-refractivity contribution >= 4 is 0 Å². The van der Waals surface area contributed by atoms with Gasteiger partial charge in [-0.3, -0.25) is 0 Å². The lowest BCUT2D eigenvalue weighted by Crippen LogP contribution is -2.46. The van der Waals surface area contributed by atoms with Gasteiger partial charge in [0.15, 0.2) is 0 Å². The molecule has 1 aliphatic heterocycles. The highest BCUT2D eigenvalue weighted by Crippen LogP contribution is 2.37. The summed E-state index contributed by atoms with van der Waals surface area (Å²) in [5.74, 6) is 0.881. The van der Waals surface area contributed by atoms with Crippen LogP contribution in [0.15, 0.2) is 0 Å². The average Bonchev–Trinajstić information content (AvgIpc) is 2.70. The van der Waals surface area contributed by atoms with E-state index in [1.165, 1.54) is 12.8 Å². The van der Waals surface area contributed by atoms with Crippen LogP contribution in [0.25, 0.3) is 0 Å². The van der Waals surface area contributed by atoms with E-state index in [0.717, 1.165) is 18.8 Å². The lowest BCUT2D eigenvalue weighted by atomic mass is 9.92. The van der Waals surface area contributed by atoms with E-state index in [2.05, 4.69) is 5.32 Å². The molecule has 1 nitrogen and oxygen atoms in total. The summed E-state index contributed by atoms with van der Waals surface area (Å²) in [6.45, 7) is 2.26. The summed E-state index contributed by atoms with van der Waals surface area (Å²) in [4.78, 5) is 0. The number of halogens is 1. The predicted molar refractivity (Wildman–Crippen MR) is 43.3 cm³/mol. The van der Waals surface area contributed by atoms with Gasteiger partial charge >= 0.3 is 0 Å². The molecule has 2 unspecified atom stereocenters. The van der Waals surface area contributed by atoms with Crippen molar-refractivity contribution in [3.05, 3.63) is 0 Å². The summed E-state index contributed by atoms with van der Waals surface area (Å²) in [5.41, 5.74) is -0.939. The maximum atomic E-state index is 13.3. The molecule has 0 radical (unpaired) electrons. The number of rotatable bonds is 1. The van der Waals surface area contributed by atoms with Crippen molar-refractivity contribution in [1.29, 1.82) is 0 Å². The summed E-state index contributed by atoms with van der Waals surface area (Å²) in [6, 6.07) is 0.638. The summed E-state index contributed by atoms with van der Waals surface area (Å²) in [5, 5.41) is 3.30. The molecular formula is C9H16FN. The molecule has 2 fully saturated rings. The SMILES string of the molecule is CC1(F)CCC(C2CC2)NC1. The van der Waals surface area contributed by atoms with Crippen LogP contribution in [0.3, 0.4) is 0 Å². The number of hydrogen-bond acceptors (Lipinski definition) is 1. The predicted octanol–water partition coefficient (Wildman–Crippen LogP) is 1.88. The standard InChI is InChI=1S/C9H16FN/c1-9(10)5-4-8(11-6-9)7-2-3-7/h7-8,11H,2-6H2,1H3. The van der Waals surface area contributed by atoms with E-state index in [0.29, 0.717) is 12.6 Å². The second-order valence-electron chi connectivity index (χ2n) is 4.28. The molecule has 0 aromatic heterocycles. The minimum Gasteiger partial charge on any atom is -0.311 e. The molecule has 1 saturated carbocycles. The first kappa shape index (κ1) is 7.53. The smallest absolute Gasteiger partial charge is 0.120 e. The monoisotopic (exact) mass is 157 g/mol. The van der Waals surface area contributed by atoms with Gasteiger partial charge in [-0.25, -0.2) is 4.39 Å². The Morgan fingerprint density at radius 2 is 2.09 bits per heavy atom. The Bertz CT molecular complexity index is 142. The lowest BCUT2D eigenvalue weighted by molar-refractivity contribution is 0.120. The molecule has 2 atom stereocenters. The summed E-state index contributed by atoms with van der Waals surface area (Å²) < 4.78 is 13.3. The van der Waals surface area contributed by atoms with Gasteiger partial charge in [-0.05, 0) is 38.5 Å². The second kappa shape index (κ2) is 2.44. The fourth-order valence-electron chi connectivity index (χ4n) is 1.89. The van der Waals surface area contributed by atoms with Gasteiger partial charge < -0.3 is 5.32 Å². The highest BCUT2D eigenvalue weighted by molar-refractivity contribution is 4.93. The average molecular weight is 157 g/mol. The van der Waals surface area contributed by atoms with Gasteiger partial charge in [0, 0.05) is 12.6 Å². The van der Waals surface area contributed by atoms with Crippen LogP contribution in [0, 0.1) is 5.92 Å². The van der Waals surface area contributed by atoms with Gasteiger partial charge in [0.05, 0.1) is 0 Å². The van der Waals surface area contributed by atoms with Crippen molar-refractivity contribution in [2.75, 3.05) is 6.54 Å². The molecule has 0 aromatic carbocycles. The Kier molecular flexibility index (Phi) is 1.67. The fourth-order valence-corrected chi connectivity index (χ4v) is 1.89. The van der Waals surface area contributed by atoms with Crippen LogP contribution in [0.4, 0.5) is 4.39 Å². The third-order valence-corrected chi connectivity index (χ3v) is 2.90. The van der Waals surface area contributed by atoms with E-state index in [1.807, 2.05) is 0 Å². The topological polar surface area (TPSA) is 12.0 Å². The van der Waals surface area contributed by atoms with E-state index in [4.69, 9.17) is 0 Å². The highest BCUT2D eigenvalue weighted by Gasteiger charge is 2.37. The molecule has 1 aliphatic carbocycles. The van der Waals surface area contributed by atoms with Crippen molar-refractivity contribution < 1.29 is 4.39 Å². The van der Waals surface area contributed by atoms with Crippen LogP contribution in [-0.4, -0.2) is 18.3 Å². The molecule has 1 N–H and O–H groups in total. The molecule has 0 aromatic rings. The van der Waals surface area contributed by atoms with Crippen molar-refractivity contribution in [2.24, 2.45) is 5.92 Å². The normalized spacial score (nSPS) is 45.8. The molecule has 2 heteroatoms. The fraction of sp³-hybridized carbons (Fsp3) is 1.00. The van der Waals surface area contributed by atoms with Crippen molar-refractivity contribution in [2.45, 2.75) is 44.3 Å². The van der Waals surface area contributed by atoms with E-state index in [1.54, 1.807) is 6.92 Å². The Morgan fingerprint density at radius 1 is 1.36 bits per heavy atom. The van der Waals surface area contributed by atoms with E-state index in [9.17, 15) is 4.39 Å². The molecule has 0 spiro atoms. The first-order valence-corrected chi connectivity index (χ1v) is 4.60. The van der Waals surface area contributed by atoms with Gasteiger partial charge in [-0.2, -0.15) is 0 Å². The first-order valence-electron chi connectivity index (χ1n) is 4.60. The van der Waals surface area contributed by atoms with Gasteiger partial charge in [0.1, 0.15) is 5.67 Å². The summed E-state index contributed by atoms with van der Waals surface area (Å²) >= 11 is 0. The number of piperidine rings is 1. The zero-order chi connectivity index (χ0) is 7.90. The minimum atomic E-state index is -0.939. The number of nitrogens with one attached hydrogen (secondary N) is 1. The summed E-state index contributed by atoms with van der Waals surface area (Å²) in [6.07, 6.45) is 4.51. The highest BCUT2D eigenvalue weighted by atomic mass is 19.1. The zero-order valence-electron chi connectivity index (χ0n) is 7.07. The first-order chi connectivity index (χ1) is 5.17. The molecule has 11 heavy (non-hydrogen) atoms. The Balaban J connectivity index is 1.84. The van der Waals surface area contributed by atoms with Crippen molar-refractivity contribution in [3.8, 4) is 0 Å². The molecule has 1 heterocycles. The summed E-state index contributed by atoms with van der Waals surface area (Å²) in [7, 11) is 0. The van der Waals surface area contributed by atoms with Gasteiger partial charge in [-0.15, -0.1) is 0 Å². The van der Waals surface area contributed by atoms with Crippen LogP contribution in [0.1, 0.15) is 32.6 Å². The third kappa shape index (κ3) is 1.73. The maximum Gasteiger partial charge on any atom is 0.120 e. The lowest BCUT2D eigenvalue weighted by Gasteiger charge is -2.32. The van der Waals surface area contributed by atoms with Gasteiger partial charge in [0.2, 0.25) is 0 Å². The van der Waals surface area contributed by atoms with Crippen LogP contribution in [-0.2, 0) is 0 Å². The molecular weight excluding hydrogens is 141 g/mol. The maximum absolute atomic E-state index is 13.3. The third-order valence-electron chi connectivity index (χ3n) is 2.90. The minimum absolute atomic E-state index is 0.564. The van der Waals surface area contributed by atoms with Crippen molar-refractivity contribution in [3.63, 3.8) is 0 Å². The molecule has 2 rings (SSSR count). The van der Waals surface area contributed by atoms with Crippen LogP contribution >= 0.6 is 0 Å².